The summed E-state index contributed by atoms with van der Waals surface area (Å²) in [7, 11) is 1.43. The zero-order valence-electron chi connectivity index (χ0n) is 10.6. The van der Waals surface area contributed by atoms with Gasteiger partial charge in [0, 0.05) is 7.05 Å². The molecule has 0 aromatic heterocycles. The Morgan fingerprint density at radius 1 is 1.39 bits per heavy atom. The number of ether oxygens (including phenoxy) is 1. The maximum Gasteiger partial charge on any atom is 0.352 e. The van der Waals surface area contributed by atoms with E-state index in [1.165, 1.54) is 7.05 Å². The third-order valence-electron chi connectivity index (χ3n) is 2.07. The highest BCUT2D eigenvalue weighted by atomic mass is 127. The molecule has 1 rings (SSSR count). The molecular formula is C11H17IN4O2. The normalized spacial score (nSPS) is 10.4. The Kier molecular flexibility index (Phi) is 5.17. The number of hydrogen-bond donors (Lipinski definition) is 2. The van der Waals surface area contributed by atoms with Crippen molar-refractivity contribution in [1.82, 2.24) is 5.01 Å². The lowest BCUT2D eigenvalue weighted by Gasteiger charge is -2.23. The molecule has 0 spiro atoms. The predicted octanol–water partition coefficient (Wildman–Crippen LogP) is 1.68. The van der Waals surface area contributed by atoms with Gasteiger partial charge < -0.3 is 4.74 Å². The number of urea groups is 1. The maximum atomic E-state index is 11.7. The van der Waals surface area contributed by atoms with E-state index in [1.807, 2.05) is 19.9 Å². The van der Waals surface area contributed by atoms with Gasteiger partial charge in [-0.2, -0.15) is 0 Å². The fraction of sp³-hybridized carbons (Fsp3) is 0.364. The summed E-state index contributed by atoms with van der Waals surface area (Å²) < 4.78 is 6.40. The number of benzene rings is 1. The van der Waals surface area contributed by atoms with Gasteiger partial charge in [-0.25, -0.2) is 21.5 Å². The molecule has 0 saturated carbocycles. The number of carbonyl (C=O) groups is 1. The van der Waals surface area contributed by atoms with Crippen LogP contribution in [-0.2, 0) is 0 Å². The van der Waals surface area contributed by atoms with Crippen LogP contribution in [0.2, 0.25) is 0 Å². The molecule has 0 radical (unpaired) electrons. The molecule has 6 nitrogen and oxygen atoms in total. The summed E-state index contributed by atoms with van der Waals surface area (Å²) in [4.78, 5) is 11.7. The molecule has 0 aliphatic heterocycles. The van der Waals surface area contributed by atoms with Gasteiger partial charge in [-0.3, -0.25) is 5.01 Å². The van der Waals surface area contributed by atoms with Gasteiger partial charge in [0.25, 0.3) is 0 Å². The average molecular weight is 364 g/mol. The van der Waals surface area contributed by atoms with Crippen LogP contribution in [0.25, 0.3) is 0 Å². The predicted molar refractivity (Wildman–Crippen MR) is 78.9 cm³/mol. The van der Waals surface area contributed by atoms with Gasteiger partial charge in [0.2, 0.25) is 0 Å². The second kappa shape index (κ2) is 6.21. The van der Waals surface area contributed by atoms with E-state index in [0.29, 0.717) is 11.4 Å². The number of hydrazine groups is 2. The van der Waals surface area contributed by atoms with Gasteiger partial charge in [0.1, 0.15) is 5.75 Å². The van der Waals surface area contributed by atoms with E-state index >= 15 is 0 Å². The van der Waals surface area contributed by atoms with Crippen molar-refractivity contribution in [3.8, 4) is 5.75 Å². The largest absolute Gasteiger partial charge is 0.490 e. The highest BCUT2D eigenvalue weighted by Crippen LogP contribution is 2.30. The zero-order valence-corrected chi connectivity index (χ0v) is 12.7. The van der Waals surface area contributed by atoms with Crippen LogP contribution in [0, 0.1) is 3.57 Å². The van der Waals surface area contributed by atoms with Crippen LogP contribution < -0.4 is 21.4 Å². The molecule has 0 aliphatic carbocycles. The van der Waals surface area contributed by atoms with Crippen molar-refractivity contribution in [2.45, 2.75) is 20.0 Å². The molecule has 1 aromatic rings. The second-order valence-electron chi connectivity index (χ2n) is 4.02. The molecule has 4 N–H and O–H groups in total. The lowest BCUT2D eigenvalue weighted by molar-refractivity contribution is 0.216. The molecule has 0 aliphatic rings. The van der Waals surface area contributed by atoms with Gasteiger partial charge in [-0.15, -0.1) is 0 Å². The highest BCUT2D eigenvalue weighted by molar-refractivity contribution is 14.1. The number of rotatable bonds is 3. The Labute approximate surface area is 120 Å². The first kappa shape index (κ1) is 15.0. The summed E-state index contributed by atoms with van der Waals surface area (Å²) in [6.07, 6.45) is 0.0490. The number of hydrogen-bond acceptors (Lipinski definition) is 4. The van der Waals surface area contributed by atoms with E-state index in [4.69, 9.17) is 16.4 Å². The molecular weight excluding hydrogens is 347 g/mol. The van der Waals surface area contributed by atoms with Crippen LogP contribution >= 0.6 is 22.6 Å². The summed E-state index contributed by atoms with van der Waals surface area (Å²) in [5.41, 5.74) is 0.552. The number of amides is 2. The number of carbonyl (C=O) groups excluding carboxylic acids is 1. The molecule has 0 atom stereocenters. The maximum absolute atomic E-state index is 11.7. The first-order valence-electron chi connectivity index (χ1n) is 5.37. The van der Waals surface area contributed by atoms with E-state index in [1.54, 1.807) is 12.1 Å². The fourth-order valence-corrected chi connectivity index (χ4v) is 2.05. The smallest absolute Gasteiger partial charge is 0.352 e. The minimum Gasteiger partial charge on any atom is -0.490 e. The zero-order chi connectivity index (χ0) is 13.9. The lowest BCUT2D eigenvalue weighted by Crippen LogP contribution is -2.48. The minimum atomic E-state index is -0.505. The van der Waals surface area contributed by atoms with Gasteiger partial charge >= 0.3 is 6.03 Å². The molecule has 7 heteroatoms. The quantitative estimate of drug-likeness (QED) is 0.370. The molecule has 0 heterocycles. The summed E-state index contributed by atoms with van der Waals surface area (Å²) in [5.74, 6) is 11.8. The van der Waals surface area contributed by atoms with Crippen molar-refractivity contribution in [2.24, 2.45) is 11.7 Å². The van der Waals surface area contributed by atoms with E-state index in [0.717, 1.165) is 13.6 Å². The first-order valence-corrected chi connectivity index (χ1v) is 6.44. The number of anilines is 1. The molecule has 100 valence electrons. The Balaban J connectivity index is 3.06. The standard InChI is InChI=1S/C11H17IN4O2/c1-7(2)18-9-6-4-5-8(10(9)12)16(14)11(17)15(3)13/h4-7H,13-14H2,1-3H3. The highest BCUT2D eigenvalue weighted by Gasteiger charge is 2.19. The number of nitrogens with two attached hydrogens (primary N) is 2. The van der Waals surface area contributed by atoms with Crippen molar-refractivity contribution in [3.05, 3.63) is 21.8 Å². The van der Waals surface area contributed by atoms with Gasteiger partial charge in [0.15, 0.2) is 0 Å². The third kappa shape index (κ3) is 3.47. The molecule has 0 bridgehead atoms. The monoisotopic (exact) mass is 364 g/mol. The van der Waals surface area contributed by atoms with E-state index in [2.05, 4.69) is 22.6 Å². The van der Waals surface area contributed by atoms with Gasteiger partial charge in [0.05, 0.1) is 15.4 Å². The van der Waals surface area contributed by atoms with Gasteiger partial charge in [-0.05, 0) is 48.6 Å². The van der Waals surface area contributed by atoms with Crippen molar-refractivity contribution >= 4 is 34.3 Å². The van der Waals surface area contributed by atoms with Crippen LogP contribution in [0.15, 0.2) is 18.2 Å². The summed E-state index contributed by atoms with van der Waals surface area (Å²) in [6, 6.07) is 4.83. The lowest BCUT2D eigenvalue weighted by atomic mass is 10.3. The minimum absolute atomic E-state index is 0.0490. The van der Waals surface area contributed by atoms with E-state index < -0.39 is 6.03 Å². The Morgan fingerprint density at radius 2 is 2.00 bits per heavy atom. The van der Waals surface area contributed by atoms with Gasteiger partial charge in [-0.1, -0.05) is 6.07 Å². The summed E-state index contributed by atoms with van der Waals surface area (Å²) >= 11 is 2.09. The number of halogens is 1. The summed E-state index contributed by atoms with van der Waals surface area (Å²) in [6.45, 7) is 3.86. The molecule has 0 saturated heterocycles. The van der Waals surface area contributed by atoms with E-state index in [9.17, 15) is 4.79 Å². The summed E-state index contributed by atoms with van der Waals surface area (Å²) in [5, 5.41) is 1.92. The van der Waals surface area contributed by atoms with Crippen LogP contribution in [0.5, 0.6) is 5.75 Å². The van der Waals surface area contributed by atoms with Crippen LogP contribution in [0.3, 0.4) is 0 Å². The van der Waals surface area contributed by atoms with Crippen LogP contribution in [0.4, 0.5) is 10.5 Å². The van der Waals surface area contributed by atoms with Crippen molar-refractivity contribution in [2.75, 3.05) is 12.1 Å². The Bertz CT molecular complexity index is 437. The van der Waals surface area contributed by atoms with E-state index in [-0.39, 0.29) is 6.10 Å². The van der Waals surface area contributed by atoms with Crippen molar-refractivity contribution in [3.63, 3.8) is 0 Å². The van der Waals surface area contributed by atoms with Crippen LogP contribution in [-0.4, -0.2) is 24.2 Å². The fourth-order valence-electron chi connectivity index (χ4n) is 1.30. The molecule has 18 heavy (non-hydrogen) atoms. The first-order chi connectivity index (χ1) is 8.34. The SMILES string of the molecule is CC(C)Oc1cccc(N(N)C(=O)N(C)N)c1I. The number of nitrogens with zero attached hydrogens (tertiary/aromatic N) is 2. The topological polar surface area (TPSA) is 84.8 Å². The van der Waals surface area contributed by atoms with Crippen molar-refractivity contribution < 1.29 is 9.53 Å². The molecule has 0 fully saturated rings. The second-order valence-corrected chi connectivity index (χ2v) is 5.10. The molecule has 1 aromatic carbocycles. The van der Waals surface area contributed by atoms with Crippen molar-refractivity contribution in [1.29, 1.82) is 0 Å². The molecule has 2 amide bonds. The Hall–Kier alpha value is -1.06. The third-order valence-corrected chi connectivity index (χ3v) is 3.16. The Morgan fingerprint density at radius 3 is 2.50 bits per heavy atom. The average Bonchev–Trinajstić information content (AvgIpc) is 2.29. The van der Waals surface area contributed by atoms with Crippen LogP contribution in [0.1, 0.15) is 13.8 Å². The molecule has 0 unspecified atom stereocenters.